The van der Waals surface area contributed by atoms with Crippen LogP contribution in [0.1, 0.15) is 5.82 Å². The van der Waals surface area contributed by atoms with Crippen LogP contribution in [0, 0.1) is 0 Å². The van der Waals surface area contributed by atoms with Crippen molar-refractivity contribution in [1.82, 2.24) is 14.5 Å². The Morgan fingerprint density at radius 2 is 2.12 bits per heavy atom. The number of hydrogen-bond acceptors (Lipinski definition) is 3. The summed E-state index contributed by atoms with van der Waals surface area (Å²) in [7, 11) is 1.82. The normalized spacial score (nSPS) is 12.4. The average molecular weight is 250 g/mol. The lowest BCUT2D eigenvalue weighted by molar-refractivity contribution is -0.145. The highest BCUT2D eigenvalue weighted by atomic mass is 19.4. The Kier molecular flexibility index (Phi) is 4.95. The molecule has 0 aliphatic rings. The lowest BCUT2D eigenvalue weighted by Gasteiger charge is -2.22. The fourth-order valence-electron chi connectivity index (χ4n) is 1.60. The molecule has 0 amide bonds. The smallest absolute Gasteiger partial charge is 0.338 e. The highest BCUT2D eigenvalue weighted by Crippen LogP contribution is 2.16. The van der Waals surface area contributed by atoms with E-state index in [1.165, 1.54) is 4.90 Å². The molecule has 1 aromatic rings. The van der Waals surface area contributed by atoms with E-state index in [1.807, 2.05) is 7.05 Å². The molecule has 1 heterocycles. The van der Waals surface area contributed by atoms with Crippen molar-refractivity contribution in [2.75, 3.05) is 26.2 Å². The summed E-state index contributed by atoms with van der Waals surface area (Å²) in [6.07, 6.45) is -0.297. The highest BCUT2D eigenvalue weighted by molar-refractivity contribution is 4.91. The molecule has 1 rings (SSSR count). The van der Waals surface area contributed by atoms with Crippen molar-refractivity contribution < 1.29 is 13.2 Å². The van der Waals surface area contributed by atoms with Gasteiger partial charge in [-0.25, -0.2) is 4.98 Å². The third kappa shape index (κ3) is 5.18. The molecule has 0 saturated carbocycles. The van der Waals surface area contributed by atoms with Gasteiger partial charge in [-0.15, -0.1) is 0 Å². The Balaban J connectivity index is 2.47. The summed E-state index contributed by atoms with van der Waals surface area (Å²) in [5, 5.41) is 0. The molecule has 1 aromatic heterocycles. The minimum Gasteiger partial charge on any atom is -0.338 e. The van der Waals surface area contributed by atoms with E-state index in [9.17, 15) is 13.2 Å². The second-order valence-corrected chi connectivity index (χ2v) is 3.88. The summed E-state index contributed by atoms with van der Waals surface area (Å²) < 4.78 is 38.6. The van der Waals surface area contributed by atoms with Crippen molar-refractivity contribution in [1.29, 1.82) is 0 Å². The maximum absolute atomic E-state index is 12.3. The largest absolute Gasteiger partial charge is 0.401 e. The summed E-state index contributed by atoms with van der Waals surface area (Å²) in [5.74, 6) is 0.772. The molecule has 17 heavy (non-hydrogen) atoms. The van der Waals surface area contributed by atoms with Gasteiger partial charge in [-0.1, -0.05) is 0 Å². The third-order valence-electron chi connectivity index (χ3n) is 2.42. The minimum absolute atomic E-state index is 0.219. The predicted molar refractivity (Wildman–Crippen MR) is 58.5 cm³/mol. The van der Waals surface area contributed by atoms with Gasteiger partial charge in [0.2, 0.25) is 0 Å². The average Bonchev–Trinajstić information content (AvgIpc) is 2.59. The number of halogens is 3. The molecule has 0 radical (unpaired) electrons. The first-order valence-electron chi connectivity index (χ1n) is 5.38. The molecule has 4 nitrogen and oxygen atoms in total. The van der Waals surface area contributed by atoms with E-state index in [0.717, 1.165) is 5.82 Å². The van der Waals surface area contributed by atoms with Crippen molar-refractivity contribution in [3.05, 3.63) is 18.2 Å². The van der Waals surface area contributed by atoms with Gasteiger partial charge in [0.1, 0.15) is 5.82 Å². The number of rotatable bonds is 6. The molecule has 0 spiro atoms. The Morgan fingerprint density at radius 3 is 2.59 bits per heavy atom. The number of aryl methyl sites for hydroxylation is 1. The standard InChI is InChI=1S/C10H17F3N4/c1-16-7-4-15-9(16)2-5-17(6-3-14)8-10(11,12)13/h4,7H,2-3,5-6,8,14H2,1H3. The first-order valence-corrected chi connectivity index (χ1v) is 5.38. The SMILES string of the molecule is Cn1ccnc1CCN(CCN)CC(F)(F)F. The van der Waals surface area contributed by atoms with E-state index in [0.29, 0.717) is 13.0 Å². The van der Waals surface area contributed by atoms with Crippen LogP contribution >= 0.6 is 0 Å². The lowest BCUT2D eigenvalue weighted by atomic mass is 10.3. The Morgan fingerprint density at radius 1 is 1.41 bits per heavy atom. The monoisotopic (exact) mass is 250 g/mol. The van der Waals surface area contributed by atoms with Gasteiger partial charge in [0.05, 0.1) is 6.54 Å². The van der Waals surface area contributed by atoms with Crippen molar-refractivity contribution >= 4 is 0 Å². The maximum Gasteiger partial charge on any atom is 0.401 e. The molecular weight excluding hydrogens is 233 g/mol. The molecule has 7 heteroatoms. The van der Waals surface area contributed by atoms with Crippen molar-refractivity contribution in [2.45, 2.75) is 12.6 Å². The van der Waals surface area contributed by atoms with Gasteiger partial charge < -0.3 is 10.3 Å². The van der Waals surface area contributed by atoms with Gasteiger partial charge in [-0.2, -0.15) is 13.2 Å². The van der Waals surface area contributed by atoms with E-state index >= 15 is 0 Å². The van der Waals surface area contributed by atoms with Crippen molar-refractivity contribution in [3.8, 4) is 0 Å². The Bertz CT molecular complexity index is 335. The quantitative estimate of drug-likeness (QED) is 0.812. The number of imidazole rings is 1. The summed E-state index contributed by atoms with van der Waals surface area (Å²) in [6, 6.07) is 0. The zero-order chi connectivity index (χ0) is 12.9. The Hall–Kier alpha value is -1.08. The number of nitrogens with two attached hydrogens (primary N) is 1. The Labute approximate surface area is 98.2 Å². The van der Waals surface area contributed by atoms with Gasteiger partial charge in [0.25, 0.3) is 0 Å². The number of nitrogens with zero attached hydrogens (tertiary/aromatic N) is 3. The second kappa shape index (κ2) is 6.02. The van der Waals surface area contributed by atoms with E-state index in [1.54, 1.807) is 17.0 Å². The molecule has 0 aromatic carbocycles. The summed E-state index contributed by atoms with van der Waals surface area (Å²) >= 11 is 0. The van der Waals surface area contributed by atoms with Crippen LogP contribution in [0.25, 0.3) is 0 Å². The number of hydrogen-bond donors (Lipinski definition) is 1. The van der Waals surface area contributed by atoms with Crippen LogP contribution in [0.5, 0.6) is 0 Å². The molecule has 0 bridgehead atoms. The van der Waals surface area contributed by atoms with Gasteiger partial charge in [-0.3, -0.25) is 4.90 Å². The van der Waals surface area contributed by atoms with Crippen LogP contribution in [-0.2, 0) is 13.5 Å². The van der Waals surface area contributed by atoms with Gasteiger partial charge in [0, 0.05) is 45.5 Å². The first kappa shape index (κ1) is 14.0. The van der Waals surface area contributed by atoms with E-state index in [-0.39, 0.29) is 13.1 Å². The maximum atomic E-state index is 12.3. The highest BCUT2D eigenvalue weighted by Gasteiger charge is 2.30. The molecule has 0 atom stereocenters. The van der Waals surface area contributed by atoms with Crippen LogP contribution in [0.15, 0.2) is 12.4 Å². The summed E-state index contributed by atoms with van der Waals surface area (Å²) in [4.78, 5) is 5.37. The predicted octanol–water partition coefficient (Wildman–Crippen LogP) is 0.786. The van der Waals surface area contributed by atoms with Crippen LogP contribution in [0.2, 0.25) is 0 Å². The van der Waals surface area contributed by atoms with Crippen LogP contribution < -0.4 is 5.73 Å². The van der Waals surface area contributed by atoms with E-state index in [4.69, 9.17) is 5.73 Å². The zero-order valence-corrected chi connectivity index (χ0v) is 9.74. The molecule has 0 fully saturated rings. The summed E-state index contributed by atoms with van der Waals surface area (Å²) in [6.45, 7) is -0.156. The molecule has 0 aliphatic heterocycles. The molecular formula is C10H17F3N4. The minimum atomic E-state index is -4.18. The fraction of sp³-hybridized carbons (Fsp3) is 0.700. The molecule has 2 N–H and O–H groups in total. The van der Waals surface area contributed by atoms with Gasteiger partial charge in [0.15, 0.2) is 0 Å². The second-order valence-electron chi connectivity index (χ2n) is 3.88. The third-order valence-corrected chi connectivity index (χ3v) is 2.42. The van der Waals surface area contributed by atoms with E-state index < -0.39 is 12.7 Å². The summed E-state index contributed by atoms with van der Waals surface area (Å²) in [5.41, 5.74) is 5.30. The van der Waals surface area contributed by atoms with Crippen LogP contribution in [0.3, 0.4) is 0 Å². The van der Waals surface area contributed by atoms with Crippen molar-refractivity contribution in [2.24, 2.45) is 12.8 Å². The number of alkyl halides is 3. The van der Waals surface area contributed by atoms with E-state index in [2.05, 4.69) is 4.98 Å². The molecule has 0 aliphatic carbocycles. The van der Waals surface area contributed by atoms with Crippen molar-refractivity contribution in [3.63, 3.8) is 0 Å². The zero-order valence-electron chi connectivity index (χ0n) is 9.74. The van der Waals surface area contributed by atoms with Gasteiger partial charge in [-0.05, 0) is 0 Å². The van der Waals surface area contributed by atoms with Crippen LogP contribution in [-0.4, -0.2) is 46.8 Å². The lowest BCUT2D eigenvalue weighted by Crippen LogP contribution is -2.39. The topological polar surface area (TPSA) is 47.1 Å². The van der Waals surface area contributed by atoms with Crippen LogP contribution in [0.4, 0.5) is 13.2 Å². The molecule has 98 valence electrons. The van der Waals surface area contributed by atoms with Gasteiger partial charge >= 0.3 is 6.18 Å². The number of aromatic nitrogens is 2. The first-order chi connectivity index (χ1) is 7.92. The molecule has 0 saturated heterocycles. The molecule has 0 unspecified atom stereocenters. The fourth-order valence-corrected chi connectivity index (χ4v) is 1.60.